The largest absolute Gasteiger partial charge is 0.461 e. The molecule has 1 unspecified atom stereocenters. The summed E-state index contributed by atoms with van der Waals surface area (Å²) in [6, 6.07) is 8.93. The van der Waals surface area contributed by atoms with E-state index < -0.39 is 30.2 Å². The van der Waals surface area contributed by atoms with Gasteiger partial charge in [-0.2, -0.15) is 0 Å². The lowest BCUT2D eigenvalue weighted by atomic mass is 10.1. The van der Waals surface area contributed by atoms with E-state index in [-0.39, 0.29) is 0 Å². The second-order valence-corrected chi connectivity index (χ2v) is 5.54. The van der Waals surface area contributed by atoms with E-state index in [1.54, 1.807) is 24.3 Å². The van der Waals surface area contributed by atoms with Gasteiger partial charge in [-0.25, -0.2) is 0 Å². The Morgan fingerprint density at radius 3 is 2.28 bits per heavy atom. The van der Waals surface area contributed by atoms with Crippen LogP contribution in [0.5, 0.6) is 0 Å². The summed E-state index contributed by atoms with van der Waals surface area (Å²) in [4.78, 5) is 37.3. The zero-order valence-electron chi connectivity index (χ0n) is 14.3. The van der Waals surface area contributed by atoms with Crippen molar-refractivity contribution in [2.45, 2.75) is 13.0 Å². The predicted octanol–water partition coefficient (Wildman–Crippen LogP) is 1.00. The first kappa shape index (κ1) is 18.4. The van der Waals surface area contributed by atoms with Gasteiger partial charge in [-0.05, 0) is 31.2 Å². The number of furan rings is 1. The van der Waals surface area contributed by atoms with E-state index in [1.807, 2.05) is 19.1 Å². The molecule has 25 heavy (non-hydrogen) atoms. The molecule has 1 aromatic carbocycles. The van der Waals surface area contributed by atoms with Crippen LogP contribution in [0.2, 0.25) is 0 Å². The lowest BCUT2D eigenvalue weighted by molar-refractivity contribution is -0.135. The Kier molecular flexibility index (Phi) is 5.71. The van der Waals surface area contributed by atoms with Crippen LogP contribution in [0.4, 0.5) is 0 Å². The monoisotopic (exact) mass is 344 g/mol. The number of nitrogens with zero attached hydrogens (tertiary/aromatic N) is 1. The smallest absolute Gasteiger partial charge is 0.254 e. The Labute approximate surface area is 145 Å². The minimum atomic E-state index is -1.38. The van der Waals surface area contributed by atoms with Crippen LogP contribution in [0.25, 0.3) is 11.3 Å². The summed E-state index contributed by atoms with van der Waals surface area (Å²) < 4.78 is 5.53. The number of carbonyl (C=O) groups is 3. The highest BCUT2D eigenvalue weighted by molar-refractivity contribution is 6.10. The summed E-state index contributed by atoms with van der Waals surface area (Å²) in [6.45, 7) is 1.01. The third kappa shape index (κ3) is 3.95. The van der Waals surface area contributed by atoms with Crippen molar-refractivity contribution in [3.05, 3.63) is 47.7 Å². The molecule has 0 saturated carbocycles. The highest BCUT2D eigenvalue weighted by Crippen LogP contribution is 2.22. The molecular weight excluding hydrogens is 324 g/mol. The van der Waals surface area contributed by atoms with Gasteiger partial charge in [0.15, 0.2) is 11.8 Å². The summed E-state index contributed by atoms with van der Waals surface area (Å²) in [7, 11) is 2.71. The molecule has 0 spiro atoms. The van der Waals surface area contributed by atoms with Crippen LogP contribution in [0, 0.1) is 6.92 Å². The number of Topliss-reactive ketones (excluding diaryl/α,β-unsaturated/α-hetero) is 1. The number of hydrogen-bond donors (Lipinski definition) is 2. The van der Waals surface area contributed by atoms with Gasteiger partial charge in [-0.15, -0.1) is 0 Å². The third-order valence-electron chi connectivity index (χ3n) is 3.82. The number of likely N-dealkylation sites (N-methyl/N-ethyl adjacent to an activating group) is 2. The summed E-state index contributed by atoms with van der Waals surface area (Å²) in [5, 5.41) is 11.4. The van der Waals surface area contributed by atoms with Crippen molar-refractivity contribution in [2.75, 3.05) is 20.7 Å². The molecule has 0 aliphatic rings. The Hall–Kier alpha value is -2.93. The number of aliphatic hydroxyl groups is 1. The first-order chi connectivity index (χ1) is 11.9. The molecule has 132 valence electrons. The van der Waals surface area contributed by atoms with Gasteiger partial charge in [-0.1, -0.05) is 12.1 Å². The summed E-state index contributed by atoms with van der Waals surface area (Å²) in [5.74, 6) is -0.442. The SMILES string of the molecule is CNC(=O)C(C(=O)CO)N(C)C(=O)c1ccc(-c2ccc(C)o2)cc1. The average molecular weight is 344 g/mol. The molecule has 7 nitrogen and oxygen atoms in total. The van der Waals surface area contributed by atoms with Crippen molar-refractivity contribution in [3.63, 3.8) is 0 Å². The van der Waals surface area contributed by atoms with Crippen LogP contribution in [-0.2, 0) is 9.59 Å². The van der Waals surface area contributed by atoms with E-state index in [2.05, 4.69) is 5.32 Å². The zero-order valence-corrected chi connectivity index (χ0v) is 14.3. The molecule has 0 aliphatic carbocycles. The highest BCUT2D eigenvalue weighted by Gasteiger charge is 2.32. The maximum absolute atomic E-state index is 12.6. The molecule has 1 heterocycles. The minimum Gasteiger partial charge on any atom is -0.461 e. The highest BCUT2D eigenvalue weighted by atomic mass is 16.3. The summed E-state index contributed by atoms with van der Waals surface area (Å²) in [5.41, 5.74) is 1.12. The van der Waals surface area contributed by atoms with Gasteiger partial charge in [-0.3, -0.25) is 14.4 Å². The molecule has 0 fully saturated rings. The van der Waals surface area contributed by atoms with Crippen LogP contribution in [0.3, 0.4) is 0 Å². The van der Waals surface area contributed by atoms with Gasteiger partial charge in [0.1, 0.15) is 18.1 Å². The topological polar surface area (TPSA) is 99.9 Å². The molecule has 1 atom stereocenters. The lowest BCUT2D eigenvalue weighted by Gasteiger charge is -2.25. The van der Waals surface area contributed by atoms with E-state index >= 15 is 0 Å². The van der Waals surface area contributed by atoms with Crippen molar-refractivity contribution < 1.29 is 23.9 Å². The average Bonchev–Trinajstić information content (AvgIpc) is 3.07. The number of aliphatic hydroxyl groups excluding tert-OH is 1. The van der Waals surface area contributed by atoms with E-state index in [0.717, 1.165) is 16.2 Å². The minimum absolute atomic E-state index is 0.314. The van der Waals surface area contributed by atoms with E-state index in [9.17, 15) is 14.4 Å². The van der Waals surface area contributed by atoms with Crippen LogP contribution in [0.1, 0.15) is 16.1 Å². The molecule has 2 N–H and O–H groups in total. The van der Waals surface area contributed by atoms with Crippen LogP contribution in [0.15, 0.2) is 40.8 Å². The van der Waals surface area contributed by atoms with Crippen molar-refractivity contribution in [2.24, 2.45) is 0 Å². The Bertz CT molecular complexity index is 763. The van der Waals surface area contributed by atoms with Crippen molar-refractivity contribution in [3.8, 4) is 11.3 Å². The van der Waals surface area contributed by atoms with Crippen molar-refractivity contribution in [1.82, 2.24) is 10.2 Å². The normalized spacial score (nSPS) is 11.7. The van der Waals surface area contributed by atoms with Gasteiger partial charge in [0, 0.05) is 25.2 Å². The second kappa shape index (κ2) is 7.76. The molecule has 2 rings (SSSR count). The van der Waals surface area contributed by atoms with E-state index in [1.165, 1.54) is 14.1 Å². The molecule has 2 aromatic rings. The fraction of sp³-hybridized carbons (Fsp3) is 0.278. The number of ketones is 1. The molecule has 7 heteroatoms. The standard InChI is InChI=1S/C18H20N2O5/c1-11-4-9-15(25-11)12-5-7-13(8-6-12)18(24)20(3)16(14(22)10-21)17(23)19-2/h4-9,16,21H,10H2,1-3H3,(H,19,23). The molecule has 0 aliphatic heterocycles. The van der Waals surface area contributed by atoms with Gasteiger partial charge in [0.2, 0.25) is 5.91 Å². The number of hydrogen-bond acceptors (Lipinski definition) is 5. The first-order valence-corrected chi connectivity index (χ1v) is 7.68. The van der Waals surface area contributed by atoms with Gasteiger partial charge in [0.05, 0.1) is 0 Å². The molecule has 1 aromatic heterocycles. The van der Waals surface area contributed by atoms with E-state index in [0.29, 0.717) is 11.3 Å². The van der Waals surface area contributed by atoms with Gasteiger partial charge >= 0.3 is 0 Å². The number of amides is 2. The van der Waals surface area contributed by atoms with Crippen LogP contribution < -0.4 is 5.32 Å². The number of aryl methyl sites for hydroxylation is 1. The number of benzene rings is 1. The second-order valence-electron chi connectivity index (χ2n) is 5.54. The van der Waals surface area contributed by atoms with Crippen molar-refractivity contribution >= 4 is 17.6 Å². The Balaban J connectivity index is 2.23. The fourth-order valence-corrected chi connectivity index (χ4v) is 2.45. The maximum atomic E-state index is 12.6. The van der Waals surface area contributed by atoms with E-state index in [4.69, 9.17) is 9.52 Å². The lowest BCUT2D eigenvalue weighted by Crippen LogP contribution is -2.52. The molecule has 0 saturated heterocycles. The Morgan fingerprint density at radius 1 is 1.16 bits per heavy atom. The van der Waals surface area contributed by atoms with Gasteiger partial charge in [0.25, 0.3) is 5.91 Å². The molecule has 0 bridgehead atoms. The molecule has 2 amide bonds. The zero-order chi connectivity index (χ0) is 18.6. The summed E-state index contributed by atoms with van der Waals surface area (Å²) >= 11 is 0. The Morgan fingerprint density at radius 2 is 1.80 bits per heavy atom. The van der Waals surface area contributed by atoms with Gasteiger partial charge < -0.3 is 19.7 Å². The van der Waals surface area contributed by atoms with Crippen LogP contribution in [-0.4, -0.2) is 54.3 Å². The first-order valence-electron chi connectivity index (χ1n) is 7.68. The molecular formula is C18H20N2O5. The summed E-state index contributed by atoms with van der Waals surface area (Å²) in [6.07, 6.45) is 0. The fourth-order valence-electron chi connectivity index (χ4n) is 2.45. The quantitative estimate of drug-likeness (QED) is 0.762. The maximum Gasteiger partial charge on any atom is 0.254 e. The van der Waals surface area contributed by atoms with Crippen molar-refractivity contribution in [1.29, 1.82) is 0 Å². The number of carbonyl (C=O) groups excluding carboxylic acids is 3. The predicted molar refractivity (Wildman–Crippen MR) is 90.9 cm³/mol. The van der Waals surface area contributed by atoms with Crippen LogP contribution >= 0.6 is 0 Å². The number of rotatable bonds is 6. The number of nitrogens with one attached hydrogen (secondary N) is 1. The molecule has 0 radical (unpaired) electrons. The third-order valence-corrected chi connectivity index (χ3v) is 3.82.